The molecule has 102 valence electrons. The van der Waals surface area contributed by atoms with Crippen LogP contribution < -0.4 is 5.32 Å². The molecule has 1 fully saturated rings. The number of hydrogen-bond acceptors (Lipinski definition) is 3. The Labute approximate surface area is 111 Å². The van der Waals surface area contributed by atoms with Crippen molar-refractivity contribution in [2.75, 3.05) is 6.61 Å². The number of carbonyl (C=O) groups excluding carboxylic acids is 1. The molecule has 1 saturated heterocycles. The summed E-state index contributed by atoms with van der Waals surface area (Å²) >= 11 is 0. The Morgan fingerprint density at radius 1 is 1.37 bits per heavy atom. The number of carboxylic acids is 1. The average Bonchev–Trinajstić information content (AvgIpc) is 2.83. The maximum Gasteiger partial charge on any atom is 0.330 e. The first-order valence-corrected chi connectivity index (χ1v) is 6.27. The third-order valence-corrected chi connectivity index (χ3v) is 3.24. The van der Waals surface area contributed by atoms with Crippen molar-refractivity contribution in [2.24, 2.45) is 5.92 Å². The van der Waals surface area contributed by atoms with E-state index in [4.69, 9.17) is 4.74 Å². The molecule has 1 aliphatic rings. The molecular weight excluding hydrogens is 246 g/mol. The van der Waals surface area contributed by atoms with Gasteiger partial charge in [0.05, 0.1) is 18.6 Å². The zero-order valence-corrected chi connectivity index (χ0v) is 10.7. The number of benzene rings is 1. The van der Waals surface area contributed by atoms with Gasteiger partial charge in [-0.15, -0.1) is 0 Å². The molecule has 0 saturated carbocycles. The summed E-state index contributed by atoms with van der Waals surface area (Å²) in [7, 11) is 0. The van der Waals surface area contributed by atoms with Gasteiger partial charge in [0.25, 0.3) is 0 Å². The van der Waals surface area contributed by atoms with E-state index in [9.17, 15) is 14.7 Å². The molecule has 2 N–H and O–H groups in total. The molecule has 5 nitrogen and oxygen atoms in total. The Morgan fingerprint density at radius 3 is 2.58 bits per heavy atom. The number of carbonyl (C=O) groups is 2. The van der Waals surface area contributed by atoms with E-state index in [1.54, 1.807) is 30.3 Å². The third-order valence-electron chi connectivity index (χ3n) is 3.24. The minimum atomic E-state index is -1.06. The van der Waals surface area contributed by atoms with Gasteiger partial charge in [0.15, 0.2) is 6.04 Å². The number of nitrogens with one attached hydrogen (secondary N) is 1. The van der Waals surface area contributed by atoms with Crippen molar-refractivity contribution in [1.82, 2.24) is 5.32 Å². The van der Waals surface area contributed by atoms with Crippen LogP contribution in [0, 0.1) is 5.92 Å². The van der Waals surface area contributed by atoms with Crippen molar-refractivity contribution in [1.29, 1.82) is 0 Å². The number of ether oxygens (including phenoxy) is 1. The smallest absolute Gasteiger partial charge is 0.330 e. The molecule has 0 aliphatic carbocycles. The van der Waals surface area contributed by atoms with Crippen molar-refractivity contribution in [3.63, 3.8) is 0 Å². The summed E-state index contributed by atoms with van der Waals surface area (Å²) in [6.07, 6.45) is 0.684. The van der Waals surface area contributed by atoms with E-state index in [1.807, 2.05) is 6.92 Å². The number of carboxylic acid groups (broad SMARTS) is 1. The second-order valence-electron chi connectivity index (χ2n) is 4.77. The molecule has 2 unspecified atom stereocenters. The van der Waals surface area contributed by atoms with E-state index >= 15 is 0 Å². The minimum absolute atomic E-state index is 0.0516. The maximum atomic E-state index is 12.0. The summed E-state index contributed by atoms with van der Waals surface area (Å²) in [5.41, 5.74) is 0.565. The van der Waals surface area contributed by atoms with Crippen LogP contribution in [0.4, 0.5) is 0 Å². The standard InChI is InChI=1S/C14H17NO4/c1-9-7-11(8-19-9)13(16)15-12(14(17)18)10-5-3-2-4-6-10/h2-6,9,11-12H,7-8H2,1H3,(H,15,16)(H,17,18)/t9?,11?,12-/m0/s1. The second-order valence-corrected chi connectivity index (χ2v) is 4.77. The number of rotatable bonds is 4. The molecule has 0 spiro atoms. The quantitative estimate of drug-likeness (QED) is 0.860. The van der Waals surface area contributed by atoms with Crippen LogP contribution in [-0.2, 0) is 14.3 Å². The lowest BCUT2D eigenvalue weighted by molar-refractivity contribution is -0.142. The second kappa shape index (κ2) is 5.84. The first-order valence-electron chi connectivity index (χ1n) is 6.27. The lowest BCUT2D eigenvalue weighted by atomic mass is 10.0. The topological polar surface area (TPSA) is 75.6 Å². The highest BCUT2D eigenvalue weighted by Gasteiger charge is 2.31. The number of aliphatic carboxylic acids is 1. The van der Waals surface area contributed by atoms with E-state index < -0.39 is 12.0 Å². The first kappa shape index (κ1) is 13.5. The summed E-state index contributed by atoms with van der Waals surface area (Å²) in [6.45, 7) is 2.26. The molecule has 19 heavy (non-hydrogen) atoms. The van der Waals surface area contributed by atoms with Gasteiger partial charge in [-0.1, -0.05) is 30.3 Å². The van der Waals surface area contributed by atoms with Crippen LogP contribution in [0.1, 0.15) is 24.9 Å². The molecule has 1 aromatic rings. The number of hydrogen-bond donors (Lipinski definition) is 2. The average molecular weight is 263 g/mol. The van der Waals surface area contributed by atoms with Crippen LogP contribution in [-0.4, -0.2) is 29.7 Å². The zero-order valence-electron chi connectivity index (χ0n) is 10.7. The minimum Gasteiger partial charge on any atom is -0.479 e. The van der Waals surface area contributed by atoms with Crippen LogP contribution in [0.3, 0.4) is 0 Å². The van der Waals surface area contributed by atoms with Crippen LogP contribution in [0.2, 0.25) is 0 Å². The summed E-state index contributed by atoms with van der Waals surface area (Å²) in [6, 6.07) is 7.66. The fourth-order valence-electron chi connectivity index (χ4n) is 2.19. The highest BCUT2D eigenvalue weighted by atomic mass is 16.5. The first-order chi connectivity index (χ1) is 9.08. The molecule has 0 aromatic heterocycles. The fourth-order valence-corrected chi connectivity index (χ4v) is 2.19. The van der Waals surface area contributed by atoms with Crippen LogP contribution in [0.15, 0.2) is 30.3 Å². The van der Waals surface area contributed by atoms with Gasteiger partial charge in [-0.05, 0) is 18.9 Å². The van der Waals surface area contributed by atoms with Crippen LogP contribution in [0.25, 0.3) is 0 Å². The monoisotopic (exact) mass is 263 g/mol. The summed E-state index contributed by atoms with van der Waals surface area (Å²) in [4.78, 5) is 23.3. The van der Waals surface area contributed by atoms with Gasteiger partial charge in [-0.25, -0.2) is 4.79 Å². The van der Waals surface area contributed by atoms with Gasteiger partial charge >= 0.3 is 5.97 Å². The largest absolute Gasteiger partial charge is 0.479 e. The van der Waals surface area contributed by atoms with E-state index in [0.29, 0.717) is 18.6 Å². The zero-order chi connectivity index (χ0) is 13.8. The Kier molecular flexibility index (Phi) is 4.16. The molecule has 2 rings (SSSR count). The molecule has 1 aliphatic heterocycles. The Morgan fingerprint density at radius 2 is 2.05 bits per heavy atom. The summed E-state index contributed by atoms with van der Waals surface area (Å²) in [5, 5.41) is 11.8. The predicted molar refractivity (Wildman–Crippen MR) is 68.5 cm³/mol. The molecule has 1 aromatic carbocycles. The van der Waals surface area contributed by atoms with Gasteiger partial charge in [-0.3, -0.25) is 4.79 Å². The van der Waals surface area contributed by atoms with Crippen LogP contribution >= 0.6 is 0 Å². The van der Waals surface area contributed by atoms with E-state index in [-0.39, 0.29) is 17.9 Å². The van der Waals surface area contributed by atoms with Crippen molar-refractivity contribution in [3.8, 4) is 0 Å². The van der Waals surface area contributed by atoms with Crippen LogP contribution in [0.5, 0.6) is 0 Å². The highest BCUT2D eigenvalue weighted by Crippen LogP contribution is 2.21. The Hall–Kier alpha value is -1.88. The van der Waals surface area contributed by atoms with E-state index in [2.05, 4.69) is 5.32 Å². The van der Waals surface area contributed by atoms with Gasteiger partial charge in [0.2, 0.25) is 5.91 Å². The SMILES string of the molecule is CC1CC(C(=O)N[C@H](C(=O)O)c2ccccc2)CO1. The van der Waals surface area contributed by atoms with Crippen molar-refractivity contribution >= 4 is 11.9 Å². The lowest BCUT2D eigenvalue weighted by Crippen LogP contribution is -2.38. The van der Waals surface area contributed by atoms with Gasteiger partial charge in [0.1, 0.15) is 0 Å². The lowest BCUT2D eigenvalue weighted by Gasteiger charge is -2.17. The summed E-state index contributed by atoms with van der Waals surface area (Å²) in [5.74, 6) is -1.59. The molecule has 5 heteroatoms. The van der Waals surface area contributed by atoms with E-state index in [1.165, 1.54) is 0 Å². The molecule has 1 amide bonds. The van der Waals surface area contributed by atoms with Crippen molar-refractivity contribution < 1.29 is 19.4 Å². The molecule has 3 atom stereocenters. The number of amides is 1. The maximum absolute atomic E-state index is 12.0. The predicted octanol–water partition coefficient (Wildman–Crippen LogP) is 1.35. The molecule has 0 bridgehead atoms. The Balaban J connectivity index is 2.05. The fraction of sp³-hybridized carbons (Fsp3) is 0.429. The Bertz CT molecular complexity index is 460. The normalized spacial score (nSPS) is 23.8. The molecular formula is C14H17NO4. The van der Waals surface area contributed by atoms with E-state index in [0.717, 1.165) is 0 Å². The van der Waals surface area contributed by atoms with Crippen molar-refractivity contribution in [3.05, 3.63) is 35.9 Å². The molecule has 1 heterocycles. The summed E-state index contributed by atoms with van der Waals surface area (Å²) < 4.78 is 5.33. The van der Waals surface area contributed by atoms with Gasteiger partial charge < -0.3 is 15.2 Å². The molecule has 0 radical (unpaired) electrons. The van der Waals surface area contributed by atoms with Crippen molar-refractivity contribution in [2.45, 2.75) is 25.5 Å². The van der Waals surface area contributed by atoms with Gasteiger partial charge in [0, 0.05) is 0 Å². The third kappa shape index (κ3) is 3.32. The van der Waals surface area contributed by atoms with Gasteiger partial charge in [-0.2, -0.15) is 0 Å². The highest BCUT2D eigenvalue weighted by molar-refractivity contribution is 5.86.